The Bertz CT molecular complexity index is 763. The van der Waals surface area contributed by atoms with Crippen molar-refractivity contribution in [1.29, 1.82) is 0 Å². The van der Waals surface area contributed by atoms with Gasteiger partial charge in [-0.1, -0.05) is 53.8 Å². The second kappa shape index (κ2) is 6.22. The van der Waals surface area contributed by atoms with Gasteiger partial charge in [0.2, 0.25) is 0 Å². The van der Waals surface area contributed by atoms with Gasteiger partial charge < -0.3 is 0 Å². The van der Waals surface area contributed by atoms with Gasteiger partial charge in [-0.25, -0.2) is 4.39 Å². The van der Waals surface area contributed by atoms with E-state index in [1.807, 2.05) is 30.3 Å². The van der Waals surface area contributed by atoms with Crippen molar-refractivity contribution in [3.05, 3.63) is 69.4 Å². The van der Waals surface area contributed by atoms with Gasteiger partial charge in [-0.05, 0) is 27.6 Å². The highest BCUT2D eigenvalue weighted by atomic mass is 79.9. The monoisotopic (exact) mass is 382 g/mol. The van der Waals surface area contributed by atoms with E-state index in [2.05, 4.69) is 26.1 Å². The van der Waals surface area contributed by atoms with Crippen LogP contribution < -0.4 is 0 Å². The van der Waals surface area contributed by atoms with E-state index in [0.29, 0.717) is 20.1 Å². The average Bonchev–Trinajstić information content (AvgIpc) is 3.00. The first kappa shape index (κ1) is 14.6. The maximum atomic E-state index is 13.6. The smallest absolute Gasteiger partial charge is 0.149 e. The van der Waals surface area contributed by atoms with E-state index in [-0.39, 0.29) is 11.2 Å². The summed E-state index contributed by atoms with van der Waals surface area (Å²) in [5.74, 6) is -0.324. The molecule has 106 valence electrons. The molecule has 0 aliphatic rings. The molecule has 0 radical (unpaired) electrons. The Labute approximate surface area is 138 Å². The van der Waals surface area contributed by atoms with Gasteiger partial charge >= 0.3 is 0 Å². The lowest BCUT2D eigenvalue weighted by atomic mass is 10.1. The van der Waals surface area contributed by atoms with Crippen LogP contribution in [0.25, 0.3) is 10.6 Å². The van der Waals surface area contributed by atoms with Crippen LogP contribution in [-0.2, 0) is 0 Å². The summed E-state index contributed by atoms with van der Waals surface area (Å²) in [4.78, 5) is 0. The van der Waals surface area contributed by atoms with Gasteiger partial charge in [-0.3, -0.25) is 0 Å². The van der Waals surface area contributed by atoms with E-state index < -0.39 is 0 Å². The summed E-state index contributed by atoms with van der Waals surface area (Å²) in [6, 6.07) is 14.5. The molecule has 2 nitrogen and oxygen atoms in total. The van der Waals surface area contributed by atoms with Crippen molar-refractivity contribution in [3.63, 3.8) is 0 Å². The van der Waals surface area contributed by atoms with E-state index in [4.69, 9.17) is 11.6 Å². The topological polar surface area (TPSA) is 25.8 Å². The second-order valence-corrected chi connectivity index (χ2v) is 6.56. The van der Waals surface area contributed by atoms with Crippen LogP contribution >= 0.6 is 38.9 Å². The van der Waals surface area contributed by atoms with Crippen molar-refractivity contribution in [2.45, 2.75) is 5.38 Å². The van der Waals surface area contributed by atoms with Crippen LogP contribution in [0.3, 0.4) is 0 Å². The molecule has 0 fully saturated rings. The molecule has 3 aromatic rings. The van der Waals surface area contributed by atoms with Gasteiger partial charge in [0, 0.05) is 5.56 Å². The number of hydrogen-bond acceptors (Lipinski definition) is 3. The summed E-state index contributed by atoms with van der Waals surface area (Å²) in [5, 5.41) is 9.22. The molecular weight excluding hydrogens is 375 g/mol. The quantitative estimate of drug-likeness (QED) is 0.563. The van der Waals surface area contributed by atoms with Gasteiger partial charge in [0.05, 0.1) is 4.47 Å². The molecule has 0 aliphatic heterocycles. The normalized spacial score (nSPS) is 12.3. The summed E-state index contributed by atoms with van der Waals surface area (Å²) < 4.78 is 14.0. The number of halogens is 3. The molecule has 0 amide bonds. The molecular formula is C15H9BrClFN2S. The number of aromatic nitrogens is 2. The van der Waals surface area contributed by atoms with Crippen molar-refractivity contribution < 1.29 is 4.39 Å². The van der Waals surface area contributed by atoms with Gasteiger partial charge in [-0.15, -0.1) is 21.8 Å². The van der Waals surface area contributed by atoms with Crippen LogP contribution in [0.5, 0.6) is 0 Å². The number of alkyl halides is 1. The van der Waals surface area contributed by atoms with E-state index in [1.54, 1.807) is 12.1 Å². The van der Waals surface area contributed by atoms with E-state index in [1.165, 1.54) is 17.4 Å². The number of benzene rings is 2. The molecule has 1 aromatic heterocycles. The lowest BCUT2D eigenvalue weighted by Gasteiger charge is -2.04. The summed E-state index contributed by atoms with van der Waals surface area (Å²) in [7, 11) is 0. The molecule has 6 heteroatoms. The first-order valence-corrected chi connectivity index (χ1v) is 8.18. The van der Waals surface area contributed by atoms with E-state index >= 15 is 0 Å². The molecule has 0 N–H and O–H groups in total. The minimum atomic E-state index is -0.357. The Balaban J connectivity index is 1.95. The summed E-state index contributed by atoms with van der Waals surface area (Å²) in [6.07, 6.45) is 0. The Hall–Kier alpha value is -1.30. The molecule has 0 spiro atoms. The van der Waals surface area contributed by atoms with Crippen LogP contribution in [-0.4, -0.2) is 10.2 Å². The third-order valence-corrected chi connectivity index (χ3v) is 5.35. The zero-order chi connectivity index (χ0) is 14.8. The maximum absolute atomic E-state index is 13.6. The van der Waals surface area contributed by atoms with Gasteiger partial charge in [0.25, 0.3) is 0 Å². The minimum Gasteiger partial charge on any atom is -0.206 e. The molecule has 2 aromatic carbocycles. The molecule has 0 aliphatic carbocycles. The molecule has 1 unspecified atom stereocenters. The highest BCUT2D eigenvalue weighted by Crippen LogP contribution is 2.36. The van der Waals surface area contributed by atoms with Gasteiger partial charge in [0.15, 0.2) is 0 Å². The third kappa shape index (κ3) is 3.00. The second-order valence-electron chi connectivity index (χ2n) is 4.32. The van der Waals surface area contributed by atoms with Crippen molar-refractivity contribution in [3.8, 4) is 10.6 Å². The molecule has 21 heavy (non-hydrogen) atoms. The van der Waals surface area contributed by atoms with Crippen LogP contribution in [0.4, 0.5) is 4.39 Å². The average molecular weight is 384 g/mol. The van der Waals surface area contributed by atoms with Gasteiger partial charge in [0.1, 0.15) is 21.2 Å². The van der Waals surface area contributed by atoms with Crippen LogP contribution in [0.15, 0.2) is 53.0 Å². The highest BCUT2D eigenvalue weighted by Gasteiger charge is 2.18. The summed E-state index contributed by atoms with van der Waals surface area (Å²) in [5.41, 5.74) is 1.64. The van der Waals surface area contributed by atoms with Crippen molar-refractivity contribution >= 4 is 38.9 Å². The molecule has 1 atom stereocenters. The fourth-order valence-electron chi connectivity index (χ4n) is 1.88. The highest BCUT2D eigenvalue weighted by molar-refractivity contribution is 9.10. The zero-order valence-electron chi connectivity index (χ0n) is 10.6. The lowest BCUT2D eigenvalue weighted by Crippen LogP contribution is -1.91. The fourth-order valence-corrected chi connectivity index (χ4v) is 3.67. The van der Waals surface area contributed by atoms with Crippen LogP contribution in [0.2, 0.25) is 0 Å². The van der Waals surface area contributed by atoms with Crippen molar-refractivity contribution in [2.24, 2.45) is 0 Å². The number of rotatable bonds is 3. The van der Waals surface area contributed by atoms with Crippen molar-refractivity contribution in [2.75, 3.05) is 0 Å². The minimum absolute atomic E-state index is 0.324. The fraction of sp³-hybridized carbons (Fsp3) is 0.0667. The predicted octanol–water partition coefficient (Wildman–Crippen LogP) is 5.43. The number of nitrogens with zero attached hydrogens (tertiary/aromatic N) is 2. The SMILES string of the molecule is Fc1cccc(-c2nnc(C(Cl)c3ccccc3)s2)c1Br. The molecule has 1 heterocycles. The molecule has 0 saturated heterocycles. The first-order chi connectivity index (χ1) is 10.2. The summed E-state index contributed by atoms with van der Waals surface area (Å²) >= 11 is 11.0. The Morgan fingerprint density at radius 2 is 1.81 bits per heavy atom. The van der Waals surface area contributed by atoms with E-state index in [0.717, 1.165) is 5.56 Å². The predicted molar refractivity (Wildman–Crippen MR) is 87.1 cm³/mol. The van der Waals surface area contributed by atoms with Crippen LogP contribution in [0, 0.1) is 5.82 Å². The standard InChI is InChI=1S/C15H9BrClFN2S/c16-12-10(7-4-8-11(12)18)14-19-20-15(21-14)13(17)9-5-2-1-3-6-9/h1-8,13H. The molecule has 0 bridgehead atoms. The van der Waals surface area contributed by atoms with Gasteiger partial charge in [-0.2, -0.15) is 0 Å². The third-order valence-electron chi connectivity index (χ3n) is 2.93. The summed E-state index contributed by atoms with van der Waals surface area (Å²) in [6.45, 7) is 0. The zero-order valence-corrected chi connectivity index (χ0v) is 13.8. The Morgan fingerprint density at radius 1 is 1.05 bits per heavy atom. The number of hydrogen-bond donors (Lipinski definition) is 0. The molecule has 0 saturated carbocycles. The Kier molecular flexibility index (Phi) is 4.33. The van der Waals surface area contributed by atoms with Crippen molar-refractivity contribution in [1.82, 2.24) is 10.2 Å². The maximum Gasteiger partial charge on any atom is 0.149 e. The van der Waals surface area contributed by atoms with E-state index in [9.17, 15) is 4.39 Å². The largest absolute Gasteiger partial charge is 0.206 e. The lowest BCUT2D eigenvalue weighted by molar-refractivity contribution is 0.621. The molecule has 3 rings (SSSR count). The van der Waals surface area contributed by atoms with Crippen LogP contribution in [0.1, 0.15) is 15.9 Å². The Morgan fingerprint density at radius 3 is 2.57 bits per heavy atom. The first-order valence-electron chi connectivity index (χ1n) is 6.13.